The molecular weight excluding hydrogens is 308 g/mol. The summed E-state index contributed by atoms with van der Waals surface area (Å²) in [5, 5.41) is 0.519. The van der Waals surface area contributed by atoms with Crippen molar-refractivity contribution in [1.29, 1.82) is 0 Å². The number of benzene rings is 2. The number of aromatic nitrogens is 2. The minimum atomic E-state index is -0.456. The second-order valence-corrected chi connectivity index (χ2v) is 5.07. The van der Waals surface area contributed by atoms with Gasteiger partial charge in [0.1, 0.15) is 11.6 Å². The second-order valence-electron chi connectivity index (χ2n) is 5.07. The van der Waals surface area contributed by atoms with E-state index >= 15 is 0 Å². The Balaban J connectivity index is 2.18. The number of methoxy groups -OCH3 is 1. The van der Waals surface area contributed by atoms with Crippen molar-refractivity contribution >= 4 is 16.9 Å². The smallest absolute Gasteiger partial charge is 0.337 e. The summed E-state index contributed by atoms with van der Waals surface area (Å²) in [6.07, 6.45) is 0. The summed E-state index contributed by atoms with van der Waals surface area (Å²) in [7, 11) is 1.32. The molecule has 122 valence electrons. The lowest BCUT2D eigenvalue weighted by Crippen LogP contribution is -2.10. The first-order valence-corrected chi connectivity index (χ1v) is 7.48. The van der Waals surface area contributed by atoms with Gasteiger partial charge in [0.2, 0.25) is 0 Å². The molecule has 0 spiro atoms. The highest BCUT2D eigenvalue weighted by atomic mass is 16.5. The molecule has 0 fully saturated rings. The van der Waals surface area contributed by atoms with Gasteiger partial charge >= 0.3 is 5.97 Å². The fourth-order valence-corrected chi connectivity index (χ4v) is 2.45. The average molecular weight is 324 g/mol. The molecule has 6 heteroatoms. The van der Waals surface area contributed by atoms with Crippen LogP contribution in [0.3, 0.4) is 0 Å². The number of aromatic amines is 1. The Hall–Kier alpha value is -3.15. The van der Waals surface area contributed by atoms with E-state index in [1.807, 2.05) is 13.0 Å². The zero-order valence-corrected chi connectivity index (χ0v) is 13.3. The molecule has 0 aliphatic rings. The predicted octanol–water partition coefficient (Wildman–Crippen LogP) is 2.78. The highest BCUT2D eigenvalue weighted by molar-refractivity contribution is 5.91. The Bertz CT molecular complexity index is 963. The van der Waals surface area contributed by atoms with Crippen molar-refractivity contribution in [3.63, 3.8) is 0 Å². The van der Waals surface area contributed by atoms with Crippen molar-refractivity contribution in [2.75, 3.05) is 13.7 Å². The number of carbonyl (C=O) groups excluding carboxylic acids is 1. The van der Waals surface area contributed by atoms with Crippen LogP contribution in [0.5, 0.6) is 5.75 Å². The van der Waals surface area contributed by atoms with Crippen LogP contribution in [0.2, 0.25) is 0 Å². The summed E-state index contributed by atoms with van der Waals surface area (Å²) in [5.41, 5.74) is 1.34. The molecular formula is C18H16N2O4. The fraction of sp³-hybridized carbons (Fsp3) is 0.167. The molecule has 0 saturated heterocycles. The first-order chi connectivity index (χ1) is 11.6. The maximum Gasteiger partial charge on any atom is 0.337 e. The van der Waals surface area contributed by atoms with E-state index < -0.39 is 5.97 Å². The summed E-state index contributed by atoms with van der Waals surface area (Å²) in [5.74, 6) is 0.389. The molecule has 0 amide bonds. The van der Waals surface area contributed by atoms with E-state index in [1.165, 1.54) is 7.11 Å². The normalized spacial score (nSPS) is 10.6. The Morgan fingerprint density at radius 2 is 2.00 bits per heavy atom. The molecule has 0 aliphatic carbocycles. The van der Waals surface area contributed by atoms with Crippen molar-refractivity contribution in [2.45, 2.75) is 6.92 Å². The lowest BCUT2D eigenvalue weighted by molar-refractivity contribution is 0.0600. The van der Waals surface area contributed by atoms with Gasteiger partial charge in [-0.15, -0.1) is 0 Å². The summed E-state index contributed by atoms with van der Waals surface area (Å²) in [4.78, 5) is 31.2. The Morgan fingerprint density at radius 3 is 2.75 bits per heavy atom. The van der Waals surface area contributed by atoms with E-state index in [4.69, 9.17) is 9.47 Å². The molecule has 1 heterocycles. The van der Waals surface area contributed by atoms with Crippen molar-refractivity contribution < 1.29 is 14.3 Å². The van der Waals surface area contributed by atoms with Crippen LogP contribution in [0.4, 0.5) is 0 Å². The molecule has 24 heavy (non-hydrogen) atoms. The zero-order valence-electron chi connectivity index (χ0n) is 13.3. The summed E-state index contributed by atoms with van der Waals surface area (Å²) in [6, 6.07) is 12.0. The minimum absolute atomic E-state index is 0.227. The third-order valence-corrected chi connectivity index (χ3v) is 3.57. The topological polar surface area (TPSA) is 81.3 Å². The van der Waals surface area contributed by atoms with E-state index in [-0.39, 0.29) is 5.56 Å². The molecule has 0 bridgehead atoms. The Morgan fingerprint density at radius 1 is 1.21 bits per heavy atom. The van der Waals surface area contributed by atoms with Gasteiger partial charge in [0, 0.05) is 0 Å². The molecule has 1 aromatic heterocycles. The molecule has 0 atom stereocenters. The number of H-pyrrole nitrogens is 1. The number of hydrogen-bond acceptors (Lipinski definition) is 5. The average Bonchev–Trinajstić information content (AvgIpc) is 2.61. The predicted molar refractivity (Wildman–Crippen MR) is 90.3 cm³/mol. The maximum absolute atomic E-state index is 12.3. The van der Waals surface area contributed by atoms with Crippen molar-refractivity contribution in [2.24, 2.45) is 0 Å². The number of hydrogen-bond donors (Lipinski definition) is 1. The lowest BCUT2D eigenvalue weighted by atomic mass is 10.1. The number of ether oxygens (including phenoxy) is 2. The largest absolute Gasteiger partial charge is 0.493 e. The molecule has 0 radical (unpaired) electrons. The quantitative estimate of drug-likeness (QED) is 0.746. The lowest BCUT2D eigenvalue weighted by Gasteiger charge is -2.11. The van der Waals surface area contributed by atoms with Gasteiger partial charge in [-0.3, -0.25) is 4.79 Å². The van der Waals surface area contributed by atoms with Crippen LogP contribution < -0.4 is 10.3 Å². The van der Waals surface area contributed by atoms with Gasteiger partial charge in [-0.25, -0.2) is 9.78 Å². The van der Waals surface area contributed by atoms with Crippen LogP contribution in [0, 0.1) is 0 Å². The second kappa shape index (κ2) is 6.54. The van der Waals surface area contributed by atoms with E-state index in [0.717, 1.165) is 0 Å². The first kappa shape index (κ1) is 15.7. The number of para-hydroxylation sites is 1. The van der Waals surface area contributed by atoms with Gasteiger partial charge in [0.05, 0.1) is 35.7 Å². The van der Waals surface area contributed by atoms with Crippen LogP contribution in [0.1, 0.15) is 17.3 Å². The molecule has 6 nitrogen and oxygen atoms in total. The number of rotatable bonds is 4. The molecule has 0 unspecified atom stereocenters. The number of nitrogens with zero attached hydrogens (tertiary/aromatic N) is 1. The standard InChI is InChI=1S/C18H16N2O4/c1-3-24-15-10-11(18(22)23-2)8-9-13(15)16-19-14-7-5-4-6-12(14)17(21)20-16/h4-10H,3H2,1-2H3,(H,19,20,21). The van der Waals surface area contributed by atoms with Gasteiger partial charge in [-0.05, 0) is 37.3 Å². The van der Waals surface area contributed by atoms with Crippen LogP contribution in [0.15, 0.2) is 47.3 Å². The fourth-order valence-electron chi connectivity index (χ4n) is 2.45. The van der Waals surface area contributed by atoms with Crippen LogP contribution in [-0.4, -0.2) is 29.7 Å². The summed E-state index contributed by atoms with van der Waals surface area (Å²) in [6.45, 7) is 2.25. The molecule has 2 aromatic carbocycles. The monoisotopic (exact) mass is 324 g/mol. The third kappa shape index (κ3) is 2.86. The highest BCUT2D eigenvalue weighted by Gasteiger charge is 2.14. The van der Waals surface area contributed by atoms with E-state index in [0.29, 0.717) is 40.2 Å². The van der Waals surface area contributed by atoms with Gasteiger partial charge in [-0.1, -0.05) is 12.1 Å². The van der Waals surface area contributed by atoms with E-state index in [1.54, 1.807) is 36.4 Å². The number of fused-ring (bicyclic) bond motifs is 1. The molecule has 1 N–H and O–H groups in total. The number of carbonyl (C=O) groups is 1. The zero-order chi connectivity index (χ0) is 17.1. The SMILES string of the molecule is CCOc1cc(C(=O)OC)ccc1-c1nc2ccccc2c(=O)[nH]1. The number of esters is 1. The Kier molecular flexibility index (Phi) is 4.29. The van der Waals surface area contributed by atoms with Gasteiger partial charge in [0.25, 0.3) is 5.56 Å². The van der Waals surface area contributed by atoms with Gasteiger partial charge in [0.15, 0.2) is 0 Å². The van der Waals surface area contributed by atoms with Crippen LogP contribution in [-0.2, 0) is 4.74 Å². The molecule has 0 aliphatic heterocycles. The minimum Gasteiger partial charge on any atom is -0.493 e. The first-order valence-electron chi connectivity index (χ1n) is 7.48. The summed E-state index contributed by atoms with van der Waals surface area (Å²) < 4.78 is 10.3. The maximum atomic E-state index is 12.3. The molecule has 3 aromatic rings. The third-order valence-electron chi connectivity index (χ3n) is 3.57. The molecule has 0 saturated carbocycles. The Labute approximate surface area is 138 Å². The number of nitrogens with one attached hydrogen (secondary N) is 1. The van der Waals surface area contributed by atoms with Crippen LogP contribution >= 0.6 is 0 Å². The van der Waals surface area contributed by atoms with Crippen molar-refractivity contribution in [3.8, 4) is 17.1 Å². The van der Waals surface area contributed by atoms with E-state index in [2.05, 4.69) is 9.97 Å². The molecule has 3 rings (SSSR count). The van der Waals surface area contributed by atoms with Crippen molar-refractivity contribution in [3.05, 3.63) is 58.4 Å². The van der Waals surface area contributed by atoms with Crippen LogP contribution in [0.25, 0.3) is 22.3 Å². The van der Waals surface area contributed by atoms with Gasteiger partial charge in [-0.2, -0.15) is 0 Å². The summed E-state index contributed by atoms with van der Waals surface area (Å²) >= 11 is 0. The highest BCUT2D eigenvalue weighted by Crippen LogP contribution is 2.29. The van der Waals surface area contributed by atoms with Crippen molar-refractivity contribution in [1.82, 2.24) is 9.97 Å². The van der Waals surface area contributed by atoms with Gasteiger partial charge < -0.3 is 14.5 Å². The van der Waals surface area contributed by atoms with E-state index in [9.17, 15) is 9.59 Å².